The number of aryl methyl sites for hydroxylation is 1. The fraction of sp³-hybridized carbons (Fsp3) is 0.500. The van der Waals surface area contributed by atoms with E-state index in [1.165, 1.54) is 17.7 Å². The zero-order valence-corrected chi connectivity index (χ0v) is 7.08. The zero-order chi connectivity index (χ0) is 7.23. The smallest absolute Gasteiger partial charge is 0.00457 e. The van der Waals surface area contributed by atoms with E-state index >= 15 is 0 Å². The maximum atomic E-state index is 3.13. The molecule has 1 aromatic rings. The van der Waals surface area contributed by atoms with E-state index in [2.05, 4.69) is 22.8 Å². The molecule has 0 saturated heterocycles. The number of nitrogens with one attached hydrogen (secondary N) is 1. The van der Waals surface area contributed by atoms with Crippen LogP contribution in [0.15, 0.2) is 17.5 Å². The van der Waals surface area contributed by atoms with Crippen molar-refractivity contribution in [2.75, 3.05) is 13.6 Å². The lowest BCUT2D eigenvalue weighted by molar-refractivity contribution is 0.729. The van der Waals surface area contributed by atoms with E-state index in [9.17, 15) is 0 Å². The third-order valence-corrected chi connectivity index (χ3v) is 2.37. The van der Waals surface area contributed by atoms with Gasteiger partial charge in [-0.2, -0.15) is 0 Å². The Morgan fingerprint density at radius 1 is 1.60 bits per heavy atom. The zero-order valence-electron chi connectivity index (χ0n) is 6.26. The van der Waals surface area contributed by atoms with E-state index in [0.717, 1.165) is 6.54 Å². The second-order valence-electron chi connectivity index (χ2n) is 2.29. The first-order valence-electron chi connectivity index (χ1n) is 3.60. The maximum absolute atomic E-state index is 3.13. The Balaban J connectivity index is 2.15. The first-order chi connectivity index (χ1) is 4.93. The average Bonchev–Trinajstić information content (AvgIpc) is 2.41. The Morgan fingerprint density at radius 3 is 3.10 bits per heavy atom. The molecule has 0 atom stereocenters. The van der Waals surface area contributed by atoms with Crippen LogP contribution in [0, 0.1) is 0 Å². The lowest BCUT2D eigenvalue weighted by Gasteiger charge is -1.95. The summed E-state index contributed by atoms with van der Waals surface area (Å²) in [6.45, 7) is 1.12. The van der Waals surface area contributed by atoms with Gasteiger partial charge in [0, 0.05) is 4.88 Å². The van der Waals surface area contributed by atoms with Crippen LogP contribution in [0.2, 0.25) is 0 Å². The van der Waals surface area contributed by atoms with Crippen LogP contribution in [0.1, 0.15) is 11.3 Å². The molecule has 1 nitrogen and oxygen atoms in total. The normalized spacial score (nSPS) is 10.1. The molecule has 0 radical (unpaired) electrons. The van der Waals surface area contributed by atoms with E-state index in [4.69, 9.17) is 0 Å². The van der Waals surface area contributed by atoms with Gasteiger partial charge in [-0.1, -0.05) is 6.07 Å². The summed E-state index contributed by atoms with van der Waals surface area (Å²) in [5.74, 6) is 0. The molecule has 0 spiro atoms. The molecule has 1 aromatic heterocycles. The molecular formula is C8H13NS. The van der Waals surface area contributed by atoms with Crippen molar-refractivity contribution in [2.24, 2.45) is 0 Å². The Bertz CT molecular complexity index is 158. The van der Waals surface area contributed by atoms with E-state index in [-0.39, 0.29) is 0 Å². The third kappa shape index (κ3) is 2.50. The fourth-order valence-corrected chi connectivity index (χ4v) is 1.65. The molecular weight excluding hydrogens is 142 g/mol. The predicted molar refractivity (Wildman–Crippen MR) is 46.6 cm³/mol. The largest absolute Gasteiger partial charge is 0.320 e. The van der Waals surface area contributed by atoms with Crippen LogP contribution in [0.25, 0.3) is 0 Å². The van der Waals surface area contributed by atoms with E-state index in [1.54, 1.807) is 0 Å². The minimum Gasteiger partial charge on any atom is -0.320 e. The minimum atomic E-state index is 1.12. The Hall–Kier alpha value is -0.340. The first kappa shape index (κ1) is 7.76. The Morgan fingerprint density at radius 2 is 2.50 bits per heavy atom. The minimum absolute atomic E-state index is 1.12. The molecule has 0 aromatic carbocycles. The van der Waals surface area contributed by atoms with Gasteiger partial charge in [-0.05, 0) is 37.9 Å². The summed E-state index contributed by atoms with van der Waals surface area (Å²) in [5.41, 5.74) is 0. The van der Waals surface area contributed by atoms with Crippen LogP contribution in [0.3, 0.4) is 0 Å². The van der Waals surface area contributed by atoms with Crippen molar-refractivity contribution in [3.63, 3.8) is 0 Å². The molecule has 1 N–H and O–H groups in total. The van der Waals surface area contributed by atoms with Crippen LogP contribution in [0.4, 0.5) is 0 Å². The molecule has 2 heteroatoms. The van der Waals surface area contributed by atoms with Crippen molar-refractivity contribution in [2.45, 2.75) is 12.8 Å². The highest BCUT2D eigenvalue weighted by Gasteiger charge is 1.90. The van der Waals surface area contributed by atoms with Crippen molar-refractivity contribution in [3.8, 4) is 0 Å². The van der Waals surface area contributed by atoms with Crippen molar-refractivity contribution >= 4 is 11.3 Å². The number of hydrogen-bond acceptors (Lipinski definition) is 2. The summed E-state index contributed by atoms with van der Waals surface area (Å²) < 4.78 is 0. The monoisotopic (exact) mass is 155 g/mol. The molecule has 0 unspecified atom stereocenters. The molecule has 0 fully saturated rings. The summed E-state index contributed by atoms with van der Waals surface area (Å²) in [4.78, 5) is 1.50. The number of hydrogen-bond donors (Lipinski definition) is 1. The lowest BCUT2D eigenvalue weighted by Crippen LogP contribution is -2.07. The lowest BCUT2D eigenvalue weighted by atomic mass is 10.3. The topological polar surface area (TPSA) is 12.0 Å². The number of rotatable bonds is 4. The van der Waals surface area contributed by atoms with Gasteiger partial charge in [-0.25, -0.2) is 0 Å². The molecule has 0 bridgehead atoms. The van der Waals surface area contributed by atoms with Gasteiger partial charge in [0.05, 0.1) is 0 Å². The molecule has 0 aliphatic rings. The van der Waals surface area contributed by atoms with Gasteiger partial charge in [0.25, 0.3) is 0 Å². The van der Waals surface area contributed by atoms with E-state index in [1.807, 2.05) is 18.4 Å². The van der Waals surface area contributed by atoms with Crippen molar-refractivity contribution in [1.82, 2.24) is 5.32 Å². The molecule has 0 saturated carbocycles. The standard InChI is InChI=1S/C8H13NS/c1-9-6-2-4-8-5-3-7-10-8/h3,5,7,9H,2,4,6H2,1H3. The van der Waals surface area contributed by atoms with Gasteiger partial charge < -0.3 is 5.32 Å². The summed E-state index contributed by atoms with van der Waals surface area (Å²) in [7, 11) is 1.99. The second kappa shape index (κ2) is 4.47. The average molecular weight is 155 g/mol. The van der Waals surface area contributed by atoms with Gasteiger partial charge in [0.2, 0.25) is 0 Å². The van der Waals surface area contributed by atoms with Gasteiger partial charge >= 0.3 is 0 Å². The molecule has 1 rings (SSSR count). The highest BCUT2D eigenvalue weighted by Crippen LogP contribution is 2.09. The van der Waals surface area contributed by atoms with Gasteiger partial charge in [-0.3, -0.25) is 0 Å². The van der Waals surface area contributed by atoms with E-state index < -0.39 is 0 Å². The van der Waals surface area contributed by atoms with Crippen LogP contribution in [0.5, 0.6) is 0 Å². The summed E-state index contributed by atoms with van der Waals surface area (Å²) >= 11 is 1.85. The molecule has 10 heavy (non-hydrogen) atoms. The number of thiophene rings is 1. The molecule has 0 amide bonds. The van der Waals surface area contributed by atoms with Gasteiger partial charge in [0.1, 0.15) is 0 Å². The molecule has 0 aliphatic heterocycles. The second-order valence-corrected chi connectivity index (χ2v) is 3.32. The highest BCUT2D eigenvalue weighted by atomic mass is 32.1. The molecule has 1 heterocycles. The van der Waals surface area contributed by atoms with Gasteiger partial charge in [-0.15, -0.1) is 11.3 Å². The first-order valence-corrected chi connectivity index (χ1v) is 4.48. The van der Waals surface area contributed by atoms with Crippen molar-refractivity contribution in [3.05, 3.63) is 22.4 Å². The summed E-state index contributed by atoms with van der Waals surface area (Å²) in [5, 5.41) is 5.27. The summed E-state index contributed by atoms with van der Waals surface area (Å²) in [6.07, 6.45) is 2.47. The Labute approximate surface area is 66.1 Å². The third-order valence-electron chi connectivity index (χ3n) is 1.43. The maximum Gasteiger partial charge on any atom is 0.00457 e. The van der Waals surface area contributed by atoms with Crippen LogP contribution in [-0.4, -0.2) is 13.6 Å². The quantitative estimate of drug-likeness (QED) is 0.655. The molecule has 56 valence electrons. The highest BCUT2D eigenvalue weighted by molar-refractivity contribution is 7.09. The van der Waals surface area contributed by atoms with Crippen LogP contribution in [-0.2, 0) is 6.42 Å². The SMILES string of the molecule is CNCCCc1cccs1. The Kier molecular flexibility index (Phi) is 3.47. The van der Waals surface area contributed by atoms with Crippen LogP contribution >= 0.6 is 11.3 Å². The summed E-state index contributed by atoms with van der Waals surface area (Å²) in [6, 6.07) is 4.31. The molecule has 0 aliphatic carbocycles. The van der Waals surface area contributed by atoms with E-state index in [0.29, 0.717) is 0 Å². The fourth-order valence-electron chi connectivity index (χ4n) is 0.894. The van der Waals surface area contributed by atoms with Crippen molar-refractivity contribution < 1.29 is 0 Å². The van der Waals surface area contributed by atoms with Crippen molar-refractivity contribution in [1.29, 1.82) is 0 Å². The van der Waals surface area contributed by atoms with Crippen LogP contribution < -0.4 is 5.32 Å². The predicted octanol–water partition coefficient (Wildman–Crippen LogP) is 1.90. The van der Waals surface area contributed by atoms with Gasteiger partial charge in [0.15, 0.2) is 0 Å².